The molecule has 2 aromatic rings. The Labute approximate surface area is 107 Å². The number of nitrogens with zero attached hydrogens (tertiary/aromatic N) is 1. The largest absolute Gasteiger partial charge is 0.488 e. The molecule has 0 saturated carbocycles. The van der Waals surface area contributed by atoms with Crippen LogP contribution in [0.5, 0.6) is 5.75 Å². The van der Waals surface area contributed by atoms with Crippen molar-refractivity contribution < 1.29 is 4.74 Å². The van der Waals surface area contributed by atoms with Crippen LogP contribution in [0.1, 0.15) is 11.1 Å². The van der Waals surface area contributed by atoms with Crippen LogP contribution in [-0.2, 0) is 0 Å². The summed E-state index contributed by atoms with van der Waals surface area (Å²) in [6.07, 6.45) is 1.91. The minimum atomic E-state index is 0.699. The number of ether oxygens (including phenoxy) is 1. The predicted molar refractivity (Wildman–Crippen MR) is 73.1 cm³/mol. The molecule has 0 amide bonds. The number of nitrogens with one attached hydrogen (secondary N) is 1. The third-order valence-electron chi connectivity index (χ3n) is 3.21. The highest BCUT2D eigenvalue weighted by Gasteiger charge is 2.12. The number of benzene rings is 1. The third kappa shape index (κ3) is 1.92. The second kappa shape index (κ2) is 4.33. The molecule has 0 saturated heterocycles. The smallest absolute Gasteiger partial charge is 0.168 e. The summed E-state index contributed by atoms with van der Waals surface area (Å²) in [6, 6.07) is 8.53. The molecule has 2 heterocycles. The van der Waals surface area contributed by atoms with Gasteiger partial charge in [0.1, 0.15) is 6.61 Å². The van der Waals surface area contributed by atoms with Crippen LogP contribution in [0.15, 0.2) is 30.5 Å². The van der Waals surface area contributed by atoms with Crippen molar-refractivity contribution in [3.63, 3.8) is 0 Å². The van der Waals surface area contributed by atoms with Gasteiger partial charge in [0.05, 0.1) is 6.54 Å². The second-order valence-electron chi connectivity index (χ2n) is 4.66. The van der Waals surface area contributed by atoms with Gasteiger partial charge in [0.15, 0.2) is 11.6 Å². The van der Waals surface area contributed by atoms with Gasteiger partial charge in [-0.2, -0.15) is 0 Å². The van der Waals surface area contributed by atoms with E-state index in [4.69, 9.17) is 4.74 Å². The summed E-state index contributed by atoms with van der Waals surface area (Å²) in [7, 11) is 0. The number of rotatable bonds is 1. The lowest BCUT2D eigenvalue weighted by Crippen LogP contribution is -2.18. The Morgan fingerprint density at radius 1 is 1.22 bits per heavy atom. The quantitative estimate of drug-likeness (QED) is 0.831. The van der Waals surface area contributed by atoms with Crippen molar-refractivity contribution in [1.82, 2.24) is 4.98 Å². The zero-order valence-electron chi connectivity index (χ0n) is 10.7. The van der Waals surface area contributed by atoms with Gasteiger partial charge in [0, 0.05) is 11.8 Å². The van der Waals surface area contributed by atoms with Crippen molar-refractivity contribution >= 4 is 5.82 Å². The lowest BCUT2D eigenvalue weighted by Gasteiger charge is -2.19. The van der Waals surface area contributed by atoms with E-state index < -0.39 is 0 Å². The molecular formula is C15H16N2O. The number of hydrogen-bond donors (Lipinski definition) is 1. The van der Waals surface area contributed by atoms with Crippen molar-refractivity contribution in [2.45, 2.75) is 13.8 Å². The van der Waals surface area contributed by atoms with Gasteiger partial charge in [-0.05, 0) is 31.0 Å². The number of pyridine rings is 1. The Balaban J connectivity index is 2.09. The highest BCUT2D eigenvalue weighted by molar-refractivity contribution is 5.71. The molecule has 3 heteroatoms. The van der Waals surface area contributed by atoms with E-state index in [-0.39, 0.29) is 0 Å². The maximum Gasteiger partial charge on any atom is 0.168 e. The van der Waals surface area contributed by atoms with Crippen LogP contribution in [0.25, 0.3) is 11.1 Å². The lowest BCUT2D eigenvalue weighted by atomic mass is 9.99. The molecule has 0 fully saturated rings. The molecule has 1 N–H and O–H groups in total. The predicted octanol–water partition coefficient (Wildman–Crippen LogP) is 3.17. The van der Waals surface area contributed by atoms with Crippen LogP contribution < -0.4 is 10.1 Å². The molecule has 0 atom stereocenters. The van der Waals surface area contributed by atoms with Crippen molar-refractivity contribution in [3.8, 4) is 16.9 Å². The summed E-state index contributed by atoms with van der Waals surface area (Å²) in [5.41, 5.74) is 4.84. The second-order valence-corrected chi connectivity index (χ2v) is 4.66. The molecule has 1 aromatic carbocycles. The van der Waals surface area contributed by atoms with Gasteiger partial charge in [0.25, 0.3) is 0 Å². The molecule has 1 aromatic heterocycles. The number of aryl methyl sites for hydroxylation is 2. The SMILES string of the molecule is Cc1ccc(C)c(-c2cnc3c(c2)OCCN3)c1. The number of hydrogen-bond acceptors (Lipinski definition) is 3. The molecule has 1 aliphatic rings. The molecule has 3 rings (SSSR count). The maximum atomic E-state index is 5.63. The van der Waals surface area contributed by atoms with Gasteiger partial charge >= 0.3 is 0 Å². The number of fused-ring (bicyclic) bond motifs is 1. The summed E-state index contributed by atoms with van der Waals surface area (Å²) < 4.78 is 5.63. The van der Waals surface area contributed by atoms with Gasteiger partial charge in [-0.1, -0.05) is 23.8 Å². The average molecular weight is 240 g/mol. The molecule has 0 aliphatic carbocycles. The molecule has 3 nitrogen and oxygen atoms in total. The molecular weight excluding hydrogens is 224 g/mol. The van der Waals surface area contributed by atoms with E-state index in [0.717, 1.165) is 23.7 Å². The third-order valence-corrected chi connectivity index (χ3v) is 3.21. The van der Waals surface area contributed by atoms with E-state index in [1.165, 1.54) is 16.7 Å². The summed E-state index contributed by atoms with van der Waals surface area (Å²) in [5, 5.41) is 3.23. The standard InChI is InChI=1S/C15H16N2O/c1-10-3-4-11(2)13(7-10)12-8-14-15(17-9-12)16-5-6-18-14/h3-4,7-9H,5-6H2,1-2H3,(H,16,17). The fourth-order valence-corrected chi connectivity index (χ4v) is 2.21. The Bertz CT molecular complexity index is 593. The van der Waals surface area contributed by atoms with Crippen molar-refractivity contribution in [1.29, 1.82) is 0 Å². The normalized spacial score (nSPS) is 13.4. The maximum absolute atomic E-state index is 5.63. The fourth-order valence-electron chi connectivity index (χ4n) is 2.21. The molecule has 0 spiro atoms. The summed E-state index contributed by atoms with van der Waals surface area (Å²) in [5.74, 6) is 1.69. The molecule has 18 heavy (non-hydrogen) atoms. The summed E-state index contributed by atoms with van der Waals surface area (Å²) >= 11 is 0. The molecule has 92 valence electrons. The van der Waals surface area contributed by atoms with E-state index in [0.29, 0.717) is 6.61 Å². The Morgan fingerprint density at radius 2 is 2.11 bits per heavy atom. The molecule has 0 unspecified atom stereocenters. The fraction of sp³-hybridized carbons (Fsp3) is 0.267. The van der Waals surface area contributed by atoms with Gasteiger partial charge in [0.2, 0.25) is 0 Å². The van der Waals surface area contributed by atoms with Gasteiger partial charge in [-0.3, -0.25) is 0 Å². The van der Waals surface area contributed by atoms with E-state index in [9.17, 15) is 0 Å². The van der Waals surface area contributed by atoms with Gasteiger partial charge in [-0.25, -0.2) is 4.98 Å². The Morgan fingerprint density at radius 3 is 3.00 bits per heavy atom. The number of aromatic nitrogens is 1. The first-order valence-electron chi connectivity index (χ1n) is 6.18. The summed E-state index contributed by atoms with van der Waals surface area (Å²) in [6.45, 7) is 5.74. The lowest BCUT2D eigenvalue weighted by molar-refractivity contribution is 0.321. The monoisotopic (exact) mass is 240 g/mol. The van der Waals surface area contributed by atoms with Crippen molar-refractivity contribution in [2.75, 3.05) is 18.5 Å². The Hall–Kier alpha value is -2.03. The van der Waals surface area contributed by atoms with E-state index in [1.807, 2.05) is 6.20 Å². The van der Waals surface area contributed by atoms with Crippen LogP contribution in [0, 0.1) is 13.8 Å². The number of anilines is 1. The van der Waals surface area contributed by atoms with Crippen LogP contribution in [0.3, 0.4) is 0 Å². The average Bonchev–Trinajstić information content (AvgIpc) is 2.41. The van der Waals surface area contributed by atoms with Crippen molar-refractivity contribution in [2.24, 2.45) is 0 Å². The molecule has 1 aliphatic heterocycles. The first kappa shape index (κ1) is 11.1. The zero-order valence-corrected chi connectivity index (χ0v) is 10.7. The van der Waals surface area contributed by atoms with Crippen molar-refractivity contribution in [3.05, 3.63) is 41.6 Å². The highest BCUT2D eigenvalue weighted by atomic mass is 16.5. The van der Waals surface area contributed by atoms with E-state index >= 15 is 0 Å². The van der Waals surface area contributed by atoms with Gasteiger partial charge < -0.3 is 10.1 Å². The van der Waals surface area contributed by atoms with Crippen LogP contribution in [0.2, 0.25) is 0 Å². The minimum Gasteiger partial charge on any atom is -0.488 e. The van der Waals surface area contributed by atoms with Crippen LogP contribution in [-0.4, -0.2) is 18.1 Å². The molecule has 0 bridgehead atoms. The van der Waals surface area contributed by atoms with E-state index in [2.05, 4.69) is 48.4 Å². The van der Waals surface area contributed by atoms with Gasteiger partial charge in [-0.15, -0.1) is 0 Å². The minimum absolute atomic E-state index is 0.699. The summed E-state index contributed by atoms with van der Waals surface area (Å²) in [4.78, 5) is 4.43. The topological polar surface area (TPSA) is 34.1 Å². The van der Waals surface area contributed by atoms with Crippen LogP contribution in [0.4, 0.5) is 5.82 Å². The van der Waals surface area contributed by atoms with Crippen LogP contribution >= 0.6 is 0 Å². The first-order valence-corrected chi connectivity index (χ1v) is 6.18. The highest BCUT2D eigenvalue weighted by Crippen LogP contribution is 2.32. The first-order chi connectivity index (χ1) is 8.74. The van der Waals surface area contributed by atoms with E-state index in [1.54, 1.807) is 0 Å². The zero-order chi connectivity index (χ0) is 12.5. The Kier molecular flexibility index (Phi) is 2.67. The molecule has 0 radical (unpaired) electrons.